The van der Waals surface area contributed by atoms with Crippen LogP contribution in [-0.2, 0) is 11.2 Å². The van der Waals surface area contributed by atoms with E-state index in [1.165, 1.54) is 0 Å². The molecule has 1 unspecified atom stereocenters. The third-order valence-electron chi connectivity index (χ3n) is 5.56. The zero-order valence-corrected chi connectivity index (χ0v) is 16.2. The van der Waals surface area contributed by atoms with Crippen LogP contribution in [0.3, 0.4) is 0 Å². The summed E-state index contributed by atoms with van der Waals surface area (Å²) in [6.07, 6.45) is -0.216. The second-order valence-corrected chi connectivity index (χ2v) is 8.88. The van der Waals surface area contributed by atoms with Gasteiger partial charge in [0.05, 0.1) is 0 Å². The highest BCUT2D eigenvalue weighted by Gasteiger charge is 2.60. The number of halogens is 3. The van der Waals surface area contributed by atoms with E-state index in [0.29, 0.717) is 12.8 Å². The molecule has 1 aromatic rings. The molecule has 3 rings (SSSR count). The Morgan fingerprint density at radius 1 is 1.19 bits per heavy atom. The molecule has 1 N–H and O–H groups in total. The minimum absolute atomic E-state index is 0.0532. The van der Waals surface area contributed by atoms with Crippen LogP contribution < -0.4 is 5.43 Å². The molecule has 2 atom stereocenters. The Balaban J connectivity index is 2.13. The van der Waals surface area contributed by atoms with E-state index in [9.17, 15) is 18.0 Å². The Bertz CT molecular complexity index is 754. The number of nitrogens with zero attached hydrogens (tertiary/aromatic N) is 1. The van der Waals surface area contributed by atoms with Crippen molar-refractivity contribution in [1.82, 2.24) is 10.4 Å². The van der Waals surface area contributed by atoms with Crippen molar-refractivity contribution in [3.63, 3.8) is 0 Å². The van der Waals surface area contributed by atoms with E-state index in [4.69, 9.17) is 0 Å². The summed E-state index contributed by atoms with van der Waals surface area (Å²) >= 11 is 0. The van der Waals surface area contributed by atoms with Crippen LogP contribution in [0.15, 0.2) is 30.3 Å². The summed E-state index contributed by atoms with van der Waals surface area (Å²) in [5.74, 6) is -0.291. The van der Waals surface area contributed by atoms with Gasteiger partial charge in [-0.2, -0.15) is 13.2 Å². The van der Waals surface area contributed by atoms with Gasteiger partial charge in [0.15, 0.2) is 0 Å². The second-order valence-electron chi connectivity index (χ2n) is 8.88. The SMILES string of the molecule is CC(C)CC1([C@H](N2NC(=O)CC2(C)C)C(F)(F)F)C=Cc2ccccc2C1. The van der Waals surface area contributed by atoms with Gasteiger partial charge in [-0.1, -0.05) is 50.3 Å². The number of hydrogen-bond acceptors (Lipinski definition) is 2. The third-order valence-corrected chi connectivity index (χ3v) is 5.56. The highest BCUT2D eigenvalue weighted by Crippen LogP contribution is 2.50. The van der Waals surface area contributed by atoms with Crippen LogP contribution in [0.1, 0.15) is 51.7 Å². The fraction of sp³-hybridized carbons (Fsp3) is 0.571. The smallest absolute Gasteiger partial charge is 0.288 e. The van der Waals surface area contributed by atoms with Gasteiger partial charge < -0.3 is 0 Å². The Kier molecular flexibility index (Phi) is 4.91. The van der Waals surface area contributed by atoms with Crippen molar-refractivity contribution in [2.45, 2.75) is 64.7 Å². The van der Waals surface area contributed by atoms with E-state index >= 15 is 0 Å². The van der Waals surface area contributed by atoms with Gasteiger partial charge in [-0.25, -0.2) is 5.01 Å². The molecule has 0 radical (unpaired) electrons. The summed E-state index contributed by atoms with van der Waals surface area (Å²) in [7, 11) is 0. The molecule has 0 saturated carbocycles. The van der Waals surface area contributed by atoms with E-state index in [1.54, 1.807) is 19.9 Å². The number of hydrogen-bond donors (Lipinski definition) is 1. The highest BCUT2D eigenvalue weighted by molar-refractivity contribution is 5.79. The number of rotatable bonds is 4. The van der Waals surface area contributed by atoms with Crippen LogP contribution in [0, 0.1) is 11.3 Å². The lowest BCUT2D eigenvalue weighted by atomic mass is 9.66. The van der Waals surface area contributed by atoms with Crippen LogP contribution in [0.4, 0.5) is 13.2 Å². The Morgan fingerprint density at radius 3 is 2.41 bits per heavy atom. The summed E-state index contributed by atoms with van der Waals surface area (Å²) in [4.78, 5) is 12.0. The van der Waals surface area contributed by atoms with Gasteiger partial charge in [0.1, 0.15) is 6.04 Å². The maximum absolute atomic E-state index is 14.5. The zero-order valence-electron chi connectivity index (χ0n) is 16.2. The molecule has 1 amide bonds. The Hall–Kier alpha value is -1.82. The summed E-state index contributed by atoms with van der Waals surface area (Å²) in [5, 5.41) is 1.16. The molecule has 1 fully saturated rings. The minimum atomic E-state index is -4.49. The predicted octanol–water partition coefficient (Wildman–Crippen LogP) is 4.73. The molecule has 1 aliphatic heterocycles. The molecule has 148 valence electrons. The number of carbonyl (C=O) groups excluding carboxylic acids is 1. The lowest BCUT2D eigenvalue weighted by Crippen LogP contribution is -2.64. The van der Waals surface area contributed by atoms with Gasteiger partial charge >= 0.3 is 6.18 Å². The fourth-order valence-electron chi connectivity index (χ4n) is 4.67. The normalized spacial score (nSPS) is 26.1. The molecule has 1 aromatic carbocycles. The van der Waals surface area contributed by atoms with Gasteiger partial charge in [0.2, 0.25) is 5.91 Å². The Morgan fingerprint density at radius 2 is 1.85 bits per heavy atom. The van der Waals surface area contributed by atoms with Crippen molar-refractivity contribution in [1.29, 1.82) is 0 Å². The molecule has 1 saturated heterocycles. The maximum atomic E-state index is 14.5. The van der Waals surface area contributed by atoms with Crippen molar-refractivity contribution < 1.29 is 18.0 Å². The van der Waals surface area contributed by atoms with Crippen molar-refractivity contribution in [3.8, 4) is 0 Å². The first-order valence-electron chi connectivity index (χ1n) is 9.37. The Labute approximate surface area is 158 Å². The maximum Gasteiger partial charge on any atom is 0.406 e. The predicted molar refractivity (Wildman–Crippen MR) is 99.6 cm³/mol. The number of alkyl halides is 3. The molecule has 0 spiro atoms. The molecule has 0 aromatic heterocycles. The van der Waals surface area contributed by atoms with Crippen molar-refractivity contribution in [2.24, 2.45) is 11.3 Å². The first-order chi connectivity index (χ1) is 12.4. The molecular weight excluding hydrogens is 353 g/mol. The second kappa shape index (κ2) is 6.66. The first kappa shape index (κ1) is 19.9. The first-order valence-corrected chi connectivity index (χ1v) is 9.37. The van der Waals surface area contributed by atoms with Crippen molar-refractivity contribution in [2.75, 3.05) is 0 Å². The number of carbonyl (C=O) groups is 1. The van der Waals surface area contributed by atoms with Gasteiger partial charge in [-0.15, -0.1) is 0 Å². The van der Waals surface area contributed by atoms with E-state index < -0.39 is 23.2 Å². The minimum Gasteiger partial charge on any atom is -0.288 e. The molecule has 6 heteroatoms. The molecular formula is C21H27F3N2O. The van der Waals surface area contributed by atoms with Gasteiger partial charge in [0, 0.05) is 17.4 Å². The lowest BCUT2D eigenvalue weighted by Gasteiger charge is -2.49. The molecule has 1 heterocycles. The van der Waals surface area contributed by atoms with Crippen molar-refractivity contribution >= 4 is 12.0 Å². The average molecular weight is 380 g/mol. The van der Waals surface area contributed by atoms with Crippen LogP contribution in [0.2, 0.25) is 0 Å². The van der Waals surface area contributed by atoms with Gasteiger partial charge in [0.25, 0.3) is 0 Å². The van der Waals surface area contributed by atoms with Crippen LogP contribution in [-0.4, -0.2) is 28.7 Å². The van der Waals surface area contributed by atoms with Crippen LogP contribution in [0.25, 0.3) is 6.08 Å². The lowest BCUT2D eigenvalue weighted by molar-refractivity contribution is -0.228. The van der Waals surface area contributed by atoms with E-state index in [0.717, 1.165) is 16.1 Å². The highest BCUT2D eigenvalue weighted by atomic mass is 19.4. The van der Waals surface area contributed by atoms with Crippen LogP contribution >= 0.6 is 0 Å². The number of fused-ring (bicyclic) bond motifs is 1. The van der Waals surface area contributed by atoms with Gasteiger partial charge in [-0.05, 0) is 43.7 Å². The standard InChI is InChI=1S/C21H27F3N2O/c1-14(2)11-20(10-9-15-7-5-6-8-16(15)12-20)18(21(22,23)24)26-19(3,4)13-17(27)25-26/h5-10,14,18H,11-13H2,1-4H3,(H,25,27)/t18-,20?/m0/s1. The average Bonchev–Trinajstić information content (AvgIpc) is 2.77. The summed E-state index contributed by atoms with van der Waals surface area (Å²) < 4.78 is 43.4. The van der Waals surface area contributed by atoms with Crippen molar-refractivity contribution in [3.05, 3.63) is 41.5 Å². The number of amides is 1. The molecule has 0 bridgehead atoms. The van der Waals surface area contributed by atoms with Crippen LogP contribution in [0.5, 0.6) is 0 Å². The number of benzene rings is 1. The van der Waals surface area contributed by atoms with E-state index in [-0.39, 0.29) is 18.2 Å². The molecule has 3 nitrogen and oxygen atoms in total. The largest absolute Gasteiger partial charge is 0.406 e. The van der Waals surface area contributed by atoms with Gasteiger partial charge in [-0.3, -0.25) is 10.2 Å². The number of nitrogens with one attached hydrogen (secondary N) is 1. The monoisotopic (exact) mass is 380 g/mol. The topological polar surface area (TPSA) is 32.3 Å². The molecule has 2 aliphatic rings. The summed E-state index contributed by atoms with van der Waals surface area (Å²) in [6, 6.07) is 5.79. The quantitative estimate of drug-likeness (QED) is 0.819. The molecule has 1 aliphatic carbocycles. The fourth-order valence-corrected chi connectivity index (χ4v) is 4.67. The van der Waals surface area contributed by atoms with E-state index in [2.05, 4.69) is 5.43 Å². The van der Waals surface area contributed by atoms with E-state index in [1.807, 2.05) is 44.2 Å². The summed E-state index contributed by atoms with van der Waals surface area (Å²) in [6.45, 7) is 7.26. The molecule has 27 heavy (non-hydrogen) atoms. The number of hydrazine groups is 1. The summed E-state index contributed by atoms with van der Waals surface area (Å²) in [5.41, 5.74) is 2.33. The zero-order chi connectivity index (χ0) is 20.0. The third kappa shape index (κ3) is 3.77.